The summed E-state index contributed by atoms with van der Waals surface area (Å²) < 4.78 is 0. The van der Waals surface area contributed by atoms with Gasteiger partial charge in [-0.2, -0.15) is 0 Å². The highest BCUT2D eigenvalue weighted by Crippen LogP contribution is 2.24. The fraction of sp³-hybridized carbons (Fsp3) is 0.364. The van der Waals surface area contributed by atoms with Gasteiger partial charge in [0, 0.05) is 44.8 Å². The Hall–Kier alpha value is -2.44. The summed E-state index contributed by atoms with van der Waals surface area (Å²) in [5.41, 5.74) is 4.40. The van der Waals surface area contributed by atoms with Crippen LogP contribution in [-0.4, -0.2) is 34.5 Å². The first-order valence-electron chi connectivity index (χ1n) is 9.98. The third-order valence-corrected chi connectivity index (χ3v) is 6.59. The van der Waals surface area contributed by atoms with E-state index < -0.39 is 0 Å². The van der Waals surface area contributed by atoms with Gasteiger partial charge in [0.25, 0.3) is 5.56 Å². The summed E-state index contributed by atoms with van der Waals surface area (Å²) in [6.45, 7) is 4.81. The summed E-state index contributed by atoms with van der Waals surface area (Å²) in [5.74, 6) is 0.699. The van der Waals surface area contributed by atoms with Crippen molar-refractivity contribution in [2.45, 2.75) is 32.4 Å². The molecule has 144 valence electrons. The molecule has 0 radical (unpaired) electrons. The van der Waals surface area contributed by atoms with Crippen molar-refractivity contribution in [2.24, 2.45) is 0 Å². The molecule has 0 unspecified atom stereocenters. The van der Waals surface area contributed by atoms with Gasteiger partial charge in [-0.1, -0.05) is 18.2 Å². The summed E-state index contributed by atoms with van der Waals surface area (Å²) in [6.07, 6.45) is 3.42. The number of hydrogen-bond acceptors (Lipinski definition) is 5. The van der Waals surface area contributed by atoms with Crippen LogP contribution in [0.15, 0.2) is 46.6 Å². The summed E-state index contributed by atoms with van der Waals surface area (Å²) >= 11 is 1.60. The van der Waals surface area contributed by atoms with Crippen LogP contribution < -0.4 is 10.5 Å². The molecular formula is C22H24N4OS. The average Bonchev–Trinajstić information content (AvgIpc) is 3.43. The van der Waals surface area contributed by atoms with Gasteiger partial charge in [-0.05, 0) is 42.0 Å². The maximum atomic E-state index is 12.6. The molecule has 1 fully saturated rings. The Bertz CT molecular complexity index is 1000. The maximum Gasteiger partial charge on any atom is 0.255 e. The van der Waals surface area contributed by atoms with Gasteiger partial charge >= 0.3 is 0 Å². The zero-order valence-corrected chi connectivity index (χ0v) is 16.7. The topological polar surface area (TPSA) is 52.2 Å². The van der Waals surface area contributed by atoms with Gasteiger partial charge in [-0.15, -0.1) is 11.3 Å². The quantitative estimate of drug-likeness (QED) is 0.736. The Kier molecular flexibility index (Phi) is 4.74. The summed E-state index contributed by atoms with van der Waals surface area (Å²) in [7, 11) is 0. The minimum atomic E-state index is 0.00230. The first kappa shape index (κ1) is 17.6. The summed E-state index contributed by atoms with van der Waals surface area (Å²) in [6, 6.07) is 12.9. The largest absolute Gasteiger partial charge is 0.372 e. The second kappa shape index (κ2) is 7.53. The molecule has 0 spiro atoms. The fourth-order valence-electron chi connectivity index (χ4n) is 4.19. The van der Waals surface area contributed by atoms with E-state index in [4.69, 9.17) is 4.98 Å². The van der Waals surface area contributed by atoms with Crippen molar-refractivity contribution in [1.82, 2.24) is 14.9 Å². The molecular weight excluding hydrogens is 368 g/mol. The van der Waals surface area contributed by atoms with E-state index in [1.807, 2.05) is 17.5 Å². The van der Waals surface area contributed by atoms with Crippen LogP contribution in [0.5, 0.6) is 0 Å². The Balaban J connectivity index is 1.30. The van der Waals surface area contributed by atoms with E-state index in [9.17, 15) is 4.79 Å². The molecule has 2 aromatic heterocycles. The lowest BCUT2D eigenvalue weighted by molar-refractivity contribution is 0.242. The molecule has 4 heterocycles. The number of fused-ring (bicyclic) bond motifs is 1. The molecule has 0 atom stereocenters. The molecule has 28 heavy (non-hydrogen) atoms. The molecule has 6 heteroatoms. The highest BCUT2D eigenvalue weighted by atomic mass is 32.1. The Morgan fingerprint density at radius 3 is 2.64 bits per heavy atom. The number of nitrogens with zero attached hydrogens (tertiary/aromatic N) is 3. The van der Waals surface area contributed by atoms with Gasteiger partial charge < -0.3 is 9.88 Å². The minimum Gasteiger partial charge on any atom is -0.372 e. The minimum absolute atomic E-state index is 0.00230. The van der Waals surface area contributed by atoms with E-state index in [1.54, 1.807) is 11.3 Å². The van der Waals surface area contributed by atoms with Crippen molar-refractivity contribution in [1.29, 1.82) is 0 Å². The summed E-state index contributed by atoms with van der Waals surface area (Å²) in [5, 5.41) is 2.01. The van der Waals surface area contributed by atoms with Crippen molar-refractivity contribution >= 4 is 17.0 Å². The number of thiophene rings is 1. The van der Waals surface area contributed by atoms with Crippen LogP contribution in [0.1, 0.15) is 29.7 Å². The van der Waals surface area contributed by atoms with Crippen molar-refractivity contribution < 1.29 is 0 Å². The van der Waals surface area contributed by atoms with Crippen LogP contribution in [0.4, 0.5) is 5.69 Å². The SMILES string of the molecule is O=c1[nH]c(-c2cccs2)nc2c1CN(Cc1ccc(N3CCCC3)cc1)CC2. The number of H-pyrrole nitrogens is 1. The molecule has 0 amide bonds. The molecule has 0 saturated carbocycles. The fourth-order valence-corrected chi connectivity index (χ4v) is 4.86. The third-order valence-electron chi connectivity index (χ3n) is 5.72. The van der Waals surface area contributed by atoms with Crippen LogP contribution in [0.25, 0.3) is 10.7 Å². The Labute approximate surface area is 168 Å². The van der Waals surface area contributed by atoms with Crippen LogP contribution in [0, 0.1) is 0 Å². The van der Waals surface area contributed by atoms with Crippen molar-refractivity contribution in [3.8, 4) is 10.7 Å². The highest BCUT2D eigenvalue weighted by Gasteiger charge is 2.22. The van der Waals surface area contributed by atoms with Gasteiger partial charge in [-0.3, -0.25) is 9.69 Å². The number of rotatable bonds is 4. The van der Waals surface area contributed by atoms with Crippen LogP contribution in [0.3, 0.4) is 0 Å². The predicted octanol–water partition coefficient (Wildman–Crippen LogP) is 3.66. The maximum absolute atomic E-state index is 12.6. The standard InChI is InChI=1S/C22H24N4OS/c27-22-18-15-25(12-9-19(18)23-21(24-22)20-4-3-13-28-20)14-16-5-7-17(8-6-16)26-10-1-2-11-26/h3-8,13H,1-2,9-12,14-15H2,(H,23,24,27). The molecule has 3 aromatic rings. The Morgan fingerprint density at radius 2 is 1.89 bits per heavy atom. The van der Waals surface area contributed by atoms with Gasteiger partial charge in [0.05, 0.1) is 16.1 Å². The van der Waals surface area contributed by atoms with E-state index in [0.717, 1.165) is 35.6 Å². The average molecular weight is 393 g/mol. The van der Waals surface area contributed by atoms with E-state index in [0.29, 0.717) is 12.4 Å². The highest BCUT2D eigenvalue weighted by molar-refractivity contribution is 7.13. The van der Waals surface area contributed by atoms with Gasteiger partial charge in [0.15, 0.2) is 5.82 Å². The first-order chi connectivity index (χ1) is 13.8. The number of benzene rings is 1. The lowest BCUT2D eigenvalue weighted by Crippen LogP contribution is -2.35. The van der Waals surface area contributed by atoms with E-state index in [2.05, 4.69) is 39.0 Å². The Morgan fingerprint density at radius 1 is 1.07 bits per heavy atom. The van der Waals surface area contributed by atoms with E-state index in [-0.39, 0.29) is 5.56 Å². The molecule has 1 aromatic carbocycles. The second-order valence-electron chi connectivity index (χ2n) is 7.64. The molecule has 1 N–H and O–H groups in total. The van der Waals surface area contributed by atoms with Crippen molar-refractivity contribution in [2.75, 3.05) is 24.5 Å². The van der Waals surface area contributed by atoms with Crippen molar-refractivity contribution in [3.63, 3.8) is 0 Å². The zero-order valence-electron chi connectivity index (χ0n) is 15.9. The second-order valence-corrected chi connectivity index (χ2v) is 8.59. The third kappa shape index (κ3) is 3.50. The molecule has 2 aliphatic rings. The van der Waals surface area contributed by atoms with Crippen LogP contribution >= 0.6 is 11.3 Å². The van der Waals surface area contributed by atoms with Crippen LogP contribution in [0.2, 0.25) is 0 Å². The molecule has 5 rings (SSSR count). The smallest absolute Gasteiger partial charge is 0.255 e. The summed E-state index contributed by atoms with van der Waals surface area (Å²) in [4.78, 5) is 26.2. The van der Waals surface area contributed by atoms with Gasteiger partial charge in [-0.25, -0.2) is 4.98 Å². The molecule has 0 bridgehead atoms. The number of aromatic amines is 1. The monoisotopic (exact) mass is 392 g/mol. The van der Waals surface area contributed by atoms with Crippen molar-refractivity contribution in [3.05, 3.63) is 69.0 Å². The molecule has 1 saturated heterocycles. The number of aromatic nitrogens is 2. The lowest BCUT2D eigenvalue weighted by atomic mass is 10.1. The van der Waals surface area contributed by atoms with E-state index >= 15 is 0 Å². The molecule has 5 nitrogen and oxygen atoms in total. The van der Waals surface area contributed by atoms with Gasteiger partial charge in [0.1, 0.15) is 0 Å². The van der Waals surface area contributed by atoms with Crippen LogP contribution in [-0.2, 0) is 19.5 Å². The number of anilines is 1. The predicted molar refractivity (Wildman–Crippen MR) is 114 cm³/mol. The number of nitrogens with one attached hydrogen (secondary N) is 1. The molecule has 2 aliphatic heterocycles. The first-order valence-corrected chi connectivity index (χ1v) is 10.9. The lowest BCUT2D eigenvalue weighted by Gasteiger charge is -2.28. The van der Waals surface area contributed by atoms with Gasteiger partial charge in [0.2, 0.25) is 0 Å². The normalized spacial score (nSPS) is 17.1. The molecule has 0 aliphatic carbocycles. The zero-order chi connectivity index (χ0) is 18.9. The number of hydrogen-bond donors (Lipinski definition) is 1. The van der Waals surface area contributed by atoms with E-state index in [1.165, 1.54) is 37.2 Å².